The van der Waals surface area contributed by atoms with Crippen molar-refractivity contribution in [2.75, 3.05) is 28.6 Å². The van der Waals surface area contributed by atoms with Crippen LogP contribution in [0.2, 0.25) is 0 Å². The molecule has 2 aliphatic heterocycles. The average molecular weight is 464 g/mol. The molecule has 6 rings (SSSR count). The Morgan fingerprint density at radius 2 is 1.59 bits per heavy atom. The molecule has 0 N–H and O–H groups in total. The monoisotopic (exact) mass is 463 g/mol. The average Bonchev–Trinajstić information content (AvgIpc) is 3.60. The number of amides is 1. The third kappa shape index (κ3) is 3.69. The topological polar surface area (TPSA) is 54.3 Å². The van der Waals surface area contributed by atoms with Gasteiger partial charge < -0.3 is 4.90 Å². The van der Waals surface area contributed by atoms with Crippen molar-refractivity contribution in [2.24, 2.45) is 0 Å². The first-order chi connectivity index (χ1) is 15.8. The van der Waals surface area contributed by atoms with Crippen LogP contribution in [0.4, 0.5) is 17.3 Å². The van der Waals surface area contributed by atoms with Crippen LogP contribution in [0.5, 0.6) is 0 Å². The maximum Gasteiger partial charge on any atom is 0.242 e. The van der Waals surface area contributed by atoms with Gasteiger partial charge in [-0.3, -0.25) is 14.3 Å². The normalized spacial score (nSPS) is 17.8. The number of carbonyl (C=O) groups is 1. The lowest BCUT2D eigenvalue weighted by Gasteiger charge is -2.31. The molecule has 0 atom stereocenters. The second-order valence-electron chi connectivity index (χ2n) is 8.49. The molecule has 1 amide bonds. The van der Waals surface area contributed by atoms with E-state index in [1.807, 2.05) is 41.3 Å². The number of aromatic nitrogens is 3. The molecule has 0 unspecified atom stereocenters. The molecule has 2 fully saturated rings. The van der Waals surface area contributed by atoms with Crippen LogP contribution < -0.4 is 9.80 Å². The fourth-order valence-corrected chi connectivity index (χ4v) is 6.40. The van der Waals surface area contributed by atoms with Gasteiger partial charge in [0.05, 0.1) is 17.1 Å². The van der Waals surface area contributed by atoms with Gasteiger partial charge in [-0.05, 0) is 56.4 Å². The molecule has 0 spiro atoms. The molecule has 32 heavy (non-hydrogen) atoms. The van der Waals surface area contributed by atoms with E-state index in [2.05, 4.69) is 31.8 Å². The maximum atomic E-state index is 13.5. The van der Waals surface area contributed by atoms with Crippen LogP contribution in [0.1, 0.15) is 38.1 Å². The summed E-state index contributed by atoms with van der Waals surface area (Å²) in [6.45, 7) is 2.10. The Labute approximate surface area is 196 Å². The molecule has 1 saturated heterocycles. The summed E-state index contributed by atoms with van der Waals surface area (Å²) in [6, 6.07) is 16.7. The van der Waals surface area contributed by atoms with E-state index >= 15 is 0 Å². The van der Waals surface area contributed by atoms with Crippen LogP contribution in [-0.4, -0.2) is 39.5 Å². The summed E-state index contributed by atoms with van der Waals surface area (Å²) in [5.41, 5.74) is 1.92. The number of benzene rings is 2. The number of anilines is 3. The fourth-order valence-electron chi connectivity index (χ4n) is 4.49. The second kappa shape index (κ2) is 8.48. The molecular weight excluding hydrogens is 438 g/mol. The Hall–Kier alpha value is -2.45. The van der Waals surface area contributed by atoms with E-state index in [4.69, 9.17) is 0 Å². The van der Waals surface area contributed by atoms with Crippen molar-refractivity contribution in [1.29, 1.82) is 0 Å². The van der Waals surface area contributed by atoms with Crippen LogP contribution >= 0.6 is 23.5 Å². The van der Waals surface area contributed by atoms with Crippen molar-refractivity contribution in [2.45, 2.75) is 53.1 Å². The van der Waals surface area contributed by atoms with Crippen molar-refractivity contribution in [3.05, 3.63) is 48.5 Å². The largest absolute Gasteiger partial charge is 0.341 e. The van der Waals surface area contributed by atoms with Gasteiger partial charge in [0.15, 0.2) is 5.16 Å². The Bertz CT molecular complexity index is 1110. The molecule has 8 heteroatoms. The highest BCUT2D eigenvalue weighted by Gasteiger charge is 2.33. The predicted octanol–water partition coefficient (Wildman–Crippen LogP) is 5.52. The Morgan fingerprint density at radius 1 is 0.938 bits per heavy atom. The van der Waals surface area contributed by atoms with Gasteiger partial charge >= 0.3 is 0 Å². The number of thioether (sulfide) groups is 1. The third-order valence-electron chi connectivity index (χ3n) is 6.20. The highest BCUT2D eigenvalue weighted by Crippen LogP contribution is 2.48. The zero-order valence-corrected chi connectivity index (χ0v) is 19.4. The van der Waals surface area contributed by atoms with Gasteiger partial charge in [-0.2, -0.15) is 0 Å². The second-order valence-corrected chi connectivity index (χ2v) is 10.5. The highest BCUT2D eigenvalue weighted by molar-refractivity contribution is 8.00. The van der Waals surface area contributed by atoms with Crippen molar-refractivity contribution in [3.8, 4) is 0 Å². The highest BCUT2D eigenvalue weighted by atomic mass is 32.2. The Balaban J connectivity index is 1.26. The summed E-state index contributed by atoms with van der Waals surface area (Å²) in [4.78, 5) is 20.0. The third-order valence-corrected chi connectivity index (χ3v) is 8.26. The summed E-state index contributed by atoms with van der Waals surface area (Å²) < 4.78 is 2.29. The van der Waals surface area contributed by atoms with E-state index in [1.54, 1.807) is 11.8 Å². The lowest BCUT2D eigenvalue weighted by Crippen LogP contribution is -2.32. The number of para-hydroxylation sites is 2. The van der Waals surface area contributed by atoms with Crippen LogP contribution in [0, 0.1) is 0 Å². The van der Waals surface area contributed by atoms with Crippen molar-refractivity contribution >= 4 is 46.8 Å². The molecule has 3 heterocycles. The smallest absolute Gasteiger partial charge is 0.242 e. The SMILES string of the molecule is O=C(CSc1nnc(N2CCCCC2)n1C1CC1)N1c2ccccc2Sc2ccccc21. The molecule has 3 aliphatic rings. The van der Waals surface area contributed by atoms with Gasteiger partial charge in [0.1, 0.15) is 0 Å². The van der Waals surface area contributed by atoms with Gasteiger partial charge in [-0.25, -0.2) is 0 Å². The van der Waals surface area contributed by atoms with E-state index < -0.39 is 0 Å². The Morgan fingerprint density at radius 3 is 2.25 bits per heavy atom. The van der Waals surface area contributed by atoms with Crippen molar-refractivity contribution < 1.29 is 4.79 Å². The first-order valence-electron chi connectivity index (χ1n) is 11.3. The molecule has 3 aromatic rings. The van der Waals surface area contributed by atoms with Crippen molar-refractivity contribution in [1.82, 2.24) is 14.8 Å². The molecule has 1 aromatic heterocycles. The number of nitrogens with zero attached hydrogens (tertiary/aromatic N) is 5. The maximum absolute atomic E-state index is 13.5. The number of carbonyl (C=O) groups excluding carboxylic acids is 1. The quantitative estimate of drug-likeness (QED) is 0.464. The van der Waals surface area contributed by atoms with E-state index in [0.717, 1.165) is 45.4 Å². The van der Waals surface area contributed by atoms with E-state index in [-0.39, 0.29) is 5.91 Å². The molecule has 0 bridgehead atoms. The van der Waals surface area contributed by atoms with Crippen LogP contribution in [0.3, 0.4) is 0 Å². The molecule has 6 nitrogen and oxygen atoms in total. The minimum atomic E-state index is 0.0695. The zero-order valence-electron chi connectivity index (χ0n) is 17.8. The van der Waals surface area contributed by atoms with Gasteiger partial charge in [-0.15, -0.1) is 10.2 Å². The lowest BCUT2D eigenvalue weighted by atomic mass is 10.1. The Kier molecular flexibility index (Phi) is 5.35. The van der Waals surface area contributed by atoms with Crippen LogP contribution in [0.25, 0.3) is 0 Å². The summed E-state index contributed by atoms with van der Waals surface area (Å²) in [6.07, 6.45) is 6.06. The fraction of sp³-hybridized carbons (Fsp3) is 0.375. The van der Waals surface area contributed by atoms with Gasteiger partial charge in [0.25, 0.3) is 0 Å². The summed E-state index contributed by atoms with van der Waals surface area (Å²) in [5, 5.41) is 9.94. The van der Waals surface area contributed by atoms with Crippen molar-refractivity contribution in [3.63, 3.8) is 0 Å². The summed E-state index contributed by atoms with van der Waals surface area (Å²) in [5.74, 6) is 1.39. The molecule has 1 saturated carbocycles. The molecular formula is C24H25N5OS2. The van der Waals surface area contributed by atoms with Gasteiger partial charge in [0.2, 0.25) is 11.9 Å². The minimum absolute atomic E-state index is 0.0695. The first-order valence-corrected chi connectivity index (χ1v) is 13.1. The van der Waals surface area contributed by atoms with E-state index in [1.165, 1.54) is 43.9 Å². The molecule has 1 aliphatic carbocycles. The molecule has 164 valence electrons. The number of hydrogen-bond acceptors (Lipinski definition) is 6. The number of fused-ring (bicyclic) bond motifs is 2. The summed E-state index contributed by atoms with van der Waals surface area (Å²) >= 11 is 3.24. The van der Waals surface area contributed by atoms with E-state index in [9.17, 15) is 4.79 Å². The molecule has 2 aromatic carbocycles. The summed E-state index contributed by atoms with van der Waals surface area (Å²) in [7, 11) is 0. The first kappa shape index (κ1) is 20.2. The standard InChI is InChI=1S/C24H25N5OS2/c30-22(29-18-8-2-4-10-20(18)32-21-11-5-3-9-19(21)29)16-31-24-26-25-23(28(24)17-12-13-17)27-14-6-1-7-15-27/h2-5,8-11,17H,1,6-7,12-16H2. The number of hydrogen-bond donors (Lipinski definition) is 0. The van der Waals surface area contributed by atoms with Gasteiger partial charge in [0, 0.05) is 28.9 Å². The lowest BCUT2D eigenvalue weighted by molar-refractivity contribution is -0.115. The predicted molar refractivity (Wildman–Crippen MR) is 129 cm³/mol. The van der Waals surface area contributed by atoms with Gasteiger partial charge in [-0.1, -0.05) is 47.8 Å². The zero-order chi connectivity index (χ0) is 21.5. The number of rotatable bonds is 5. The van der Waals surface area contributed by atoms with Crippen LogP contribution in [0.15, 0.2) is 63.5 Å². The van der Waals surface area contributed by atoms with Crippen LogP contribution in [-0.2, 0) is 4.79 Å². The minimum Gasteiger partial charge on any atom is -0.341 e. The number of piperidine rings is 1. The van der Waals surface area contributed by atoms with E-state index in [0.29, 0.717) is 11.8 Å². The molecule has 0 radical (unpaired) electrons.